The maximum atomic E-state index is 12.6. The Labute approximate surface area is 126 Å². The summed E-state index contributed by atoms with van der Waals surface area (Å²) in [6, 6.07) is 6.71. The summed E-state index contributed by atoms with van der Waals surface area (Å²) >= 11 is 6.09. The van der Waals surface area contributed by atoms with E-state index in [1.807, 2.05) is 0 Å². The lowest BCUT2D eigenvalue weighted by atomic mass is 9.78. The topological polar surface area (TPSA) is 77.8 Å². The van der Waals surface area contributed by atoms with E-state index in [-0.39, 0.29) is 23.7 Å². The van der Waals surface area contributed by atoms with Crippen molar-refractivity contribution >= 4 is 29.1 Å². The van der Waals surface area contributed by atoms with Crippen molar-refractivity contribution in [2.75, 3.05) is 4.90 Å². The molecule has 2 N–H and O–H groups in total. The van der Waals surface area contributed by atoms with Crippen LogP contribution in [0.15, 0.2) is 24.3 Å². The molecule has 3 aliphatic rings. The minimum atomic E-state index is -0.917. The van der Waals surface area contributed by atoms with Crippen LogP contribution < -0.4 is 4.90 Å². The molecule has 1 aromatic rings. The van der Waals surface area contributed by atoms with Crippen molar-refractivity contribution in [3.05, 3.63) is 29.3 Å². The molecule has 5 nitrogen and oxygen atoms in total. The number of amides is 2. The summed E-state index contributed by atoms with van der Waals surface area (Å²) in [5, 5.41) is 20.3. The van der Waals surface area contributed by atoms with Gasteiger partial charge in [-0.25, -0.2) is 4.90 Å². The van der Waals surface area contributed by atoms with Gasteiger partial charge in [0.1, 0.15) is 0 Å². The van der Waals surface area contributed by atoms with Gasteiger partial charge in [-0.3, -0.25) is 9.59 Å². The number of hydrogen-bond acceptors (Lipinski definition) is 4. The molecule has 2 bridgehead atoms. The molecule has 1 aromatic carbocycles. The molecule has 6 heteroatoms. The van der Waals surface area contributed by atoms with Gasteiger partial charge in [0.15, 0.2) is 0 Å². The molecule has 6 atom stereocenters. The highest BCUT2D eigenvalue weighted by molar-refractivity contribution is 6.36. The van der Waals surface area contributed by atoms with E-state index in [0.717, 1.165) is 4.90 Å². The van der Waals surface area contributed by atoms with E-state index in [1.165, 1.54) is 0 Å². The van der Waals surface area contributed by atoms with Gasteiger partial charge in [0.2, 0.25) is 11.8 Å². The van der Waals surface area contributed by atoms with Crippen molar-refractivity contribution in [2.45, 2.75) is 18.6 Å². The first kappa shape index (κ1) is 13.2. The first-order chi connectivity index (χ1) is 10.0. The van der Waals surface area contributed by atoms with Crippen molar-refractivity contribution in [1.29, 1.82) is 0 Å². The summed E-state index contributed by atoms with van der Waals surface area (Å²) in [6.07, 6.45) is -1.30. The maximum Gasteiger partial charge on any atom is 0.238 e. The number of anilines is 1. The van der Waals surface area contributed by atoms with Crippen LogP contribution in [-0.4, -0.2) is 34.2 Å². The van der Waals surface area contributed by atoms with Crippen LogP contribution in [0.5, 0.6) is 0 Å². The summed E-state index contributed by atoms with van der Waals surface area (Å²) in [4.78, 5) is 26.4. The van der Waals surface area contributed by atoms with Gasteiger partial charge in [-0.05, 0) is 18.6 Å². The van der Waals surface area contributed by atoms with Crippen LogP contribution in [0, 0.1) is 23.7 Å². The maximum absolute atomic E-state index is 12.6. The summed E-state index contributed by atoms with van der Waals surface area (Å²) in [5.41, 5.74) is 0.381. The number of hydrogen-bond donors (Lipinski definition) is 2. The predicted octanol–water partition coefficient (Wildman–Crippen LogP) is 0.817. The molecule has 0 spiro atoms. The third-order valence-corrected chi connectivity index (χ3v) is 5.51. The SMILES string of the molecule is O=C1[C@@H]2[C@H]3C[C@H]([C@@H](O)[C@H]3O)[C@@H]2C(=O)N1c1ccccc1Cl. The van der Waals surface area contributed by atoms with E-state index in [9.17, 15) is 19.8 Å². The average molecular weight is 308 g/mol. The molecule has 0 aromatic heterocycles. The molecule has 4 rings (SSSR count). The van der Waals surface area contributed by atoms with E-state index < -0.39 is 24.0 Å². The summed E-state index contributed by atoms with van der Waals surface area (Å²) < 4.78 is 0. The molecule has 21 heavy (non-hydrogen) atoms. The standard InChI is InChI=1S/C15H14ClNO4/c16-8-3-1-2-4-9(8)17-14(20)10-6-5-7(11(10)15(17)21)13(19)12(6)18/h1-4,6-7,10-13,18-19H,5H2/t6-,7+,10-,11+,12+,13-. The molecule has 3 fully saturated rings. The Hall–Kier alpha value is -1.43. The highest BCUT2D eigenvalue weighted by Gasteiger charge is 2.67. The highest BCUT2D eigenvalue weighted by atomic mass is 35.5. The Kier molecular flexibility index (Phi) is 2.70. The average Bonchev–Trinajstić information content (AvgIpc) is 3.06. The monoisotopic (exact) mass is 307 g/mol. The fraction of sp³-hybridized carbons (Fsp3) is 0.467. The first-order valence-corrected chi connectivity index (χ1v) is 7.38. The van der Waals surface area contributed by atoms with Crippen LogP contribution in [0.4, 0.5) is 5.69 Å². The number of benzene rings is 1. The second kappa shape index (κ2) is 4.29. The fourth-order valence-electron chi connectivity index (χ4n) is 4.30. The third-order valence-electron chi connectivity index (χ3n) is 5.19. The van der Waals surface area contributed by atoms with Crippen molar-refractivity contribution in [1.82, 2.24) is 0 Å². The van der Waals surface area contributed by atoms with Gasteiger partial charge in [-0.2, -0.15) is 0 Å². The quantitative estimate of drug-likeness (QED) is 0.753. The minimum Gasteiger partial charge on any atom is -0.390 e. The van der Waals surface area contributed by atoms with Crippen molar-refractivity contribution < 1.29 is 19.8 Å². The number of carbonyl (C=O) groups is 2. The number of imide groups is 1. The minimum absolute atomic E-state index is 0.309. The van der Waals surface area contributed by atoms with Crippen LogP contribution in [0.1, 0.15) is 6.42 Å². The number of nitrogens with zero attached hydrogens (tertiary/aromatic N) is 1. The fourth-order valence-corrected chi connectivity index (χ4v) is 4.52. The molecule has 2 amide bonds. The Balaban J connectivity index is 1.77. The number of fused-ring (bicyclic) bond motifs is 5. The van der Waals surface area contributed by atoms with Gasteiger partial charge < -0.3 is 10.2 Å². The van der Waals surface area contributed by atoms with Gasteiger partial charge in [0.05, 0.1) is 34.8 Å². The molecule has 110 valence electrons. The van der Waals surface area contributed by atoms with E-state index in [2.05, 4.69) is 0 Å². The number of rotatable bonds is 1. The van der Waals surface area contributed by atoms with Crippen molar-refractivity contribution in [2.24, 2.45) is 23.7 Å². The van der Waals surface area contributed by atoms with E-state index in [0.29, 0.717) is 17.1 Å². The zero-order valence-electron chi connectivity index (χ0n) is 11.0. The van der Waals surface area contributed by atoms with Gasteiger partial charge in [0.25, 0.3) is 0 Å². The third kappa shape index (κ3) is 1.54. The lowest BCUT2D eigenvalue weighted by Crippen LogP contribution is -2.43. The van der Waals surface area contributed by atoms with Gasteiger partial charge in [-0.15, -0.1) is 0 Å². The Bertz CT molecular complexity index is 616. The molecular formula is C15H14ClNO4. The van der Waals surface area contributed by atoms with E-state index >= 15 is 0 Å². The van der Waals surface area contributed by atoms with E-state index in [4.69, 9.17) is 11.6 Å². The van der Waals surface area contributed by atoms with Crippen LogP contribution in [0.25, 0.3) is 0 Å². The summed E-state index contributed by atoms with van der Waals surface area (Å²) in [7, 11) is 0. The van der Waals surface area contributed by atoms with Gasteiger partial charge in [0, 0.05) is 11.8 Å². The Morgan fingerprint density at radius 3 is 2.05 bits per heavy atom. The number of aliphatic hydroxyl groups is 2. The van der Waals surface area contributed by atoms with Gasteiger partial charge >= 0.3 is 0 Å². The molecule has 0 radical (unpaired) electrons. The lowest BCUT2D eigenvalue weighted by Gasteiger charge is -2.29. The predicted molar refractivity (Wildman–Crippen MR) is 74.5 cm³/mol. The largest absolute Gasteiger partial charge is 0.390 e. The number of para-hydroxylation sites is 1. The molecule has 1 saturated heterocycles. The summed E-state index contributed by atoms with van der Waals surface area (Å²) in [5.74, 6) is -2.35. The first-order valence-electron chi connectivity index (χ1n) is 7.01. The molecule has 1 aliphatic heterocycles. The number of carbonyl (C=O) groups excluding carboxylic acids is 2. The van der Waals surface area contributed by atoms with Crippen molar-refractivity contribution in [3.63, 3.8) is 0 Å². The summed E-state index contributed by atoms with van der Waals surface area (Å²) in [6.45, 7) is 0. The van der Waals surface area contributed by atoms with E-state index in [1.54, 1.807) is 24.3 Å². The smallest absolute Gasteiger partial charge is 0.238 e. The second-order valence-electron chi connectivity index (χ2n) is 6.06. The van der Waals surface area contributed by atoms with Crippen LogP contribution in [0.2, 0.25) is 5.02 Å². The van der Waals surface area contributed by atoms with Crippen LogP contribution in [0.3, 0.4) is 0 Å². The molecule has 2 aliphatic carbocycles. The zero-order chi connectivity index (χ0) is 14.9. The Morgan fingerprint density at radius 1 is 1.00 bits per heavy atom. The van der Waals surface area contributed by atoms with Crippen molar-refractivity contribution in [3.8, 4) is 0 Å². The highest BCUT2D eigenvalue weighted by Crippen LogP contribution is 2.57. The second-order valence-corrected chi connectivity index (χ2v) is 6.47. The molecular weight excluding hydrogens is 294 g/mol. The molecule has 1 heterocycles. The number of halogens is 1. The van der Waals surface area contributed by atoms with Crippen LogP contribution >= 0.6 is 11.6 Å². The normalized spacial score (nSPS) is 41.0. The van der Waals surface area contributed by atoms with Gasteiger partial charge in [-0.1, -0.05) is 23.7 Å². The number of aliphatic hydroxyl groups excluding tert-OH is 2. The zero-order valence-corrected chi connectivity index (χ0v) is 11.8. The molecule has 2 saturated carbocycles. The van der Waals surface area contributed by atoms with Crippen LogP contribution in [-0.2, 0) is 9.59 Å². The molecule has 0 unspecified atom stereocenters. The lowest BCUT2D eigenvalue weighted by molar-refractivity contribution is -0.129. The Morgan fingerprint density at radius 2 is 1.52 bits per heavy atom.